The second-order valence-corrected chi connectivity index (χ2v) is 5.23. The molecule has 2 heterocycles. The van der Waals surface area contributed by atoms with Gasteiger partial charge in [0, 0.05) is 12.5 Å². The van der Waals surface area contributed by atoms with E-state index < -0.39 is 0 Å². The number of aromatic amines is 1. The fourth-order valence-electron chi connectivity index (χ4n) is 2.34. The Labute approximate surface area is 124 Å². The quantitative estimate of drug-likeness (QED) is 0.795. The van der Waals surface area contributed by atoms with E-state index in [-0.39, 0.29) is 0 Å². The van der Waals surface area contributed by atoms with Gasteiger partial charge in [0.05, 0.1) is 12.1 Å². The molecule has 0 saturated carbocycles. The predicted octanol–water partition coefficient (Wildman–Crippen LogP) is 3.56. The summed E-state index contributed by atoms with van der Waals surface area (Å²) in [6.07, 6.45) is 0.779. The summed E-state index contributed by atoms with van der Waals surface area (Å²) in [4.78, 5) is 12.3. The van der Waals surface area contributed by atoms with Crippen molar-refractivity contribution in [3.05, 3.63) is 52.8 Å². The smallest absolute Gasteiger partial charge is 0.215 e. The second-order valence-electron chi connectivity index (χ2n) is 5.23. The summed E-state index contributed by atoms with van der Waals surface area (Å²) in [5.74, 6) is 1.55. The highest BCUT2D eigenvalue weighted by Crippen LogP contribution is 2.17. The van der Waals surface area contributed by atoms with Gasteiger partial charge in [-0.3, -0.25) is 0 Å². The lowest BCUT2D eigenvalue weighted by atomic mass is 10.0. The molecule has 0 radical (unpaired) electrons. The maximum atomic E-state index is 5.41. The molecule has 0 spiro atoms. The van der Waals surface area contributed by atoms with Gasteiger partial charge in [-0.25, -0.2) is 4.98 Å². The zero-order valence-corrected chi connectivity index (χ0v) is 12.6. The van der Waals surface area contributed by atoms with Crippen LogP contribution in [0.15, 0.2) is 30.3 Å². The fraction of sp³-hybridized carbons (Fsp3) is 0.294. The van der Waals surface area contributed by atoms with Crippen molar-refractivity contribution in [2.75, 3.05) is 6.61 Å². The van der Waals surface area contributed by atoms with Gasteiger partial charge in [-0.1, -0.05) is 18.2 Å². The van der Waals surface area contributed by atoms with E-state index in [4.69, 9.17) is 4.74 Å². The molecule has 1 N–H and O–H groups in total. The van der Waals surface area contributed by atoms with Crippen molar-refractivity contribution in [1.29, 1.82) is 0 Å². The first-order valence-electron chi connectivity index (χ1n) is 7.20. The first kappa shape index (κ1) is 13.6. The van der Waals surface area contributed by atoms with Crippen LogP contribution in [0.2, 0.25) is 0 Å². The summed E-state index contributed by atoms with van der Waals surface area (Å²) < 4.78 is 5.41. The molecule has 3 aromatic rings. The Hall–Kier alpha value is -2.36. The Balaban J connectivity index is 1.88. The number of H-pyrrole nitrogens is 1. The van der Waals surface area contributed by atoms with Gasteiger partial charge in [-0.2, -0.15) is 4.98 Å². The van der Waals surface area contributed by atoms with Crippen LogP contribution >= 0.6 is 0 Å². The first-order chi connectivity index (χ1) is 10.2. The van der Waals surface area contributed by atoms with Gasteiger partial charge in [-0.05, 0) is 43.5 Å². The normalized spacial score (nSPS) is 11.0. The third-order valence-corrected chi connectivity index (χ3v) is 3.60. The lowest BCUT2D eigenvalue weighted by Gasteiger charge is -2.03. The Kier molecular flexibility index (Phi) is 3.60. The molecule has 2 aromatic heterocycles. The summed E-state index contributed by atoms with van der Waals surface area (Å²) in [7, 11) is 0. The minimum absolute atomic E-state index is 0.610. The van der Waals surface area contributed by atoms with Crippen LogP contribution in [0, 0.1) is 13.8 Å². The van der Waals surface area contributed by atoms with Gasteiger partial charge in [0.25, 0.3) is 0 Å². The molecule has 0 bridgehead atoms. The minimum Gasteiger partial charge on any atom is -0.478 e. The van der Waals surface area contributed by atoms with E-state index in [1.807, 2.05) is 19.1 Å². The minimum atomic E-state index is 0.610. The summed E-state index contributed by atoms with van der Waals surface area (Å²) in [6, 6.07) is 10.3. The van der Waals surface area contributed by atoms with E-state index in [0.717, 1.165) is 17.8 Å². The van der Waals surface area contributed by atoms with Gasteiger partial charge in [0.2, 0.25) is 5.88 Å². The summed E-state index contributed by atoms with van der Waals surface area (Å²) >= 11 is 0. The fourth-order valence-corrected chi connectivity index (χ4v) is 2.34. The highest BCUT2D eigenvalue weighted by Gasteiger charge is 2.07. The molecule has 0 aliphatic carbocycles. The molecular weight excluding hydrogens is 262 g/mol. The molecule has 21 heavy (non-hydrogen) atoms. The van der Waals surface area contributed by atoms with Crippen molar-refractivity contribution in [1.82, 2.24) is 15.0 Å². The van der Waals surface area contributed by atoms with E-state index in [9.17, 15) is 0 Å². The molecule has 4 heteroatoms. The summed E-state index contributed by atoms with van der Waals surface area (Å²) in [5.41, 5.74) is 5.52. The summed E-state index contributed by atoms with van der Waals surface area (Å²) in [5, 5.41) is 0. The molecule has 0 aliphatic rings. The Morgan fingerprint density at radius 2 is 1.90 bits per heavy atom. The maximum Gasteiger partial charge on any atom is 0.215 e. The van der Waals surface area contributed by atoms with Crippen LogP contribution in [0.3, 0.4) is 0 Å². The number of hydrogen-bond acceptors (Lipinski definition) is 3. The number of nitrogens with one attached hydrogen (secondary N) is 1. The van der Waals surface area contributed by atoms with Crippen LogP contribution < -0.4 is 4.74 Å². The highest BCUT2D eigenvalue weighted by atomic mass is 16.5. The number of nitrogens with zero attached hydrogens (tertiary/aromatic N) is 2. The van der Waals surface area contributed by atoms with Gasteiger partial charge in [0.1, 0.15) is 5.82 Å². The zero-order valence-electron chi connectivity index (χ0n) is 12.6. The molecular formula is C17H19N3O. The topological polar surface area (TPSA) is 50.8 Å². The molecule has 108 valence electrons. The Morgan fingerprint density at radius 3 is 2.67 bits per heavy atom. The van der Waals surface area contributed by atoms with Crippen LogP contribution in [0.25, 0.3) is 11.2 Å². The van der Waals surface area contributed by atoms with Gasteiger partial charge in [-0.15, -0.1) is 0 Å². The van der Waals surface area contributed by atoms with E-state index in [0.29, 0.717) is 18.1 Å². The standard InChI is InChI=1S/C17H19N3O/c1-4-21-16-8-7-14-17(20-16)19-15(18-14)10-13-6-5-11(2)12(3)9-13/h5-9H,4,10H2,1-3H3,(H,18,19,20). The molecule has 0 aliphatic heterocycles. The average molecular weight is 281 g/mol. The van der Waals surface area contributed by atoms with Crippen molar-refractivity contribution in [2.24, 2.45) is 0 Å². The Bertz CT molecular complexity index is 777. The average Bonchev–Trinajstić information content (AvgIpc) is 2.85. The first-order valence-corrected chi connectivity index (χ1v) is 7.20. The van der Waals surface area contributed by atoms with Crippen molar-refractivity contribution in [3.63, 3.8) is 0 Å². The molecule has 0 saturated heterocycles. The molecule has 1 aromatic carbocycles. The summed E-state index contributed by atoms with van der Waals surface area (Å²) in [6.45, 7) is 6.81. The van der Waals surface area contributed by atoms with E-state index in [1.54, 1.807) is 0 Å². The SMILES string of the molecule is CCOc1ccc2[nH]c(Cc3ccc(C)c(C)c3)nc2n1. The molecule has 0 fully saturated rings. The monoisotopic (exact) mass is 281 g/mol. The van der Waals surface area contributed by atoms with Crippen LogP contribution in [0.1, 0.15) is 29.4 Å². The number of ether oxygens (including phenoxy) is 1. The van der Waals surface area contributed by atoms with Crippen LogP contribution in [0.5, 0.6) is 5.88 Å². The lowest BCUT2D eigenvalue weighted by Crippen LogP contribution is -1.94. The number of hydrogen-bond donors (Lipinski definition) is 1. The molecule has 0 unspecified atom stereocenters. The van der Waals surface area contributed by atoms with Crippen molar-refractivity contribution in [2.45, 2.75) is 27.2 Å². The Morgan fingerprint density at radius 1 is 1.05 bits per heavy atom. The van der Waals surface area contributed by atoms with Gasteiger partial charge < -0.3 is 9.72 Å². The van der Waals surface area contributed by atoms with Gasteiger partial charge in [0.15, 0.2) is 5.65 Å². The van der Waals surface area contributed by atoms with Gasteiger partial charge >= 0.3 is 0 Å². The number of aromatic nitrogens is 3. The predicted molar refractivity (Wildman–Crippen MR) is 83.8 cm³/mol. The number of pyridine rings is 1. The number of fused-ring (bicyclic) bond motifs is 1. The maximum absolute atomic E-state index is 5.41. The van der Waals surface area contributed by atoms with Crippen molar-refractivity contribution < 1.29 is 4.74 Å². The zero-order chi connectivity index (χ0) is 14.8. The number of aryl methyl sites for hydroxylation is 2. The largest absolute Gasteiger partial charge is 0.478 e. The highest BCUT2D eigenvalue weighted by molar-refractivity contribution is 5.71. The third-order valence-electron chi connectivity index (χ3n) is 3.60. The third kappa shape index (κ3) is 2.89. The van der Waals surface area contributed by atoms with Crippen LogP contribution in [-0.2, 0) is 6.42 Å². The van der Waals surface area contributed by atoms with E-state index >= 15 is 0 Å². The molecule has 0 atom stereocenters. The molecule has 4 nitrogen and oxygen atoms in total. The van der Waals surface area contributed by atoms with Crippen LogP contribution in [0.4, 0.5) is 0 Å². The lowest BCUT2D eigenvalue weighted by molar-refractivity contribution is 0.328. The number of imidazole rings is 1. The van der Waals surface area contributed by atoms with Crippen molar-refractivity contribution in [3.8, 4) is 5.88 Å². The van der Waals surface area contributed by atoms with E-state index in [1.165, 1.54) is 16.7 Å². The number of benzene rings is 1. The second kappa shape index (κ2) is 5.56. The van der Waals surface area contributed by atoms with E-state index in [2.05, 4.69) is 47.0 Å². The number of rotatable bonds is 4. The molecule has 3 rings (SSSR count). The van der Waals surface area contributed by atoms with Crippen molar-refractivity contribution >= 4 is 11.2 Å². The van der Waals surface area contributed by atoms with Crippen LogP contribution in [-0.4, -0.2) is 21.6 Å². The molecule has 0 amide bonds.